The van der Waals surface area contributed by atoms with Crippen molar-refractivity contribution in [1.29, 1.82) is 0 Å². The van der Waals surface area contributed by atoms with E-state index in [9.17, 15) is 19.2 Å². The van der Waals surface area contributed by atoms with Crippen LogP contribution >= 0.6 is 34.4 Å². The fraction of sp³-hybridized carbons (Fsp3) is 0.176. The number of rotatable bonds is 4. The summed E-state index contributed by atoms with van der Waals surface area (Å²) in [5, 5.41) is 8.94. The van der Waals surface area contributed by atoms with Crippen LogP contribution in [0.25, 0.3) is 0 Å². The number of hydrogen-bond donors (Lipinski definition) is 2. The summed E-state index contributed by atoms with van der Waals surface area (Å²) in [7, 11) is 0. The molecule has 1 aliphatic heterocycles. The number of aromatic nitrogens is 1. The van der Waals surface area contributed by atoms with E-state index in [0.29, 0.717) is 10.0 Å². The molecule has 0 fully saturated rings. The molecule has 2 aromatic heterocycles. The molecule has 0 unspecified atom stereocenters. The van der Waals surface area contributed by atoms with Crippen LogP contribution in [0.1, 0.15) is 22.3 Å². The number of carbonyl (C=O) groups excluding carboxylic acids is 4. The van der Waals surface area contributed by atoms with E-state index in [1.54, 1.807) is 22.9 Å². The van der Waals surface area contributed by atoms with Gasteiger partial charge in [-0.1, -0.05) is 17.8 Å². The Morgan fingerprint density at radius 2 is 2.00 bits per heavy atom. The highest BCUT2D eigenvalue weighted by Gasteiger charge is 2.27. The summed E-state index contributed by atoms with van der Waals surface area (Å²) in [6, 6.07) is 3.24. The molecule has 2 N–H and O–H groups in total. The van der Waals surface area contributed by atoms with E-state index in [-0.39, 0.29) is 28.4 Å². The molecule has 0 atom stereocenters. The zero-order chi connectivity index (χ0) is 21.7. The third-order valence-corrected chi connectivity index (χ3v) is 5.85. The molecule has 4 amide bonds. The van der Waals surface area contributed by atoms with E-state index in [0.717, 1.165) is 17.5 Å². The average molecular weight is 463 g/mol. The monoisotopic (exact) mass is 462 g/mol. The molecule has 0 saturated carbocycles. The van der Waals surface area contributed by atoms with Gasteiger partial charge in [0.2, 0.25) is 11.8 Å². The lowest BCUT2D eigenvalue weighted by molar-refractivity contribution is -0.117. The van der Waals surface area contributed by atoms with E-state index in [4.69, 9.17) is 0 Å². The highest BCUT2D eigenvalue weighted by atomic mass is 32.2. The molecule has 30 heavy (non-hydrogen) atoms. The molecular formula is C17H14N6O4S3. The maximum Gasteiger partial charge on any atom is 0.302 e. The zero-order valence-corrected chi connectivity index (χ0v) is 18.1. The molecule has 3 rings (SSSR count). The molecule has 1 aliphatic rings. The first-order valence-electron chi connectivity index (χ1n) is 8.33. The molecule has 0 spiro atoms. The number of nitrogens with zero attached hydrogens (tertiary/aromatic N) is 4. The van der Waals surface area contributed by atoms with Crippen molar-refractivity contribution in [1.82, 2.24) is 10.3 Å². The second kappa shape index (κ2) is 9.65. The van der Waals surface area contributed by atoms with Crippen molar-refractivity contribution >= 4 is 79.9 Å². The summed E-state index contributed by atoms with van der Waals surface area (Å²) in [5.74, 6) is -2.60. The number of thiophene rings is 1. The molecule has 13 heteroatoms. The van der Waals surface area contributed by atoms with Gasteiger partial charge in [0.15, 0.2) is 21.8 Å². The first-order chi connectivity index (χ1) is 14.3. The van der Waals surface area contributed by atoms with Gasteiger partial charge >= 0.3 is 5.91 Å². The molecule has 0 saturated heterocycles. The fourth-order valence-electron chi connectivity index (χ4n) is 2.09. The summed E-state index contributed by atoms with van der Waals surface area (Å²) in [5.41, 5.74) is 0.425. The minimum atomic E-state index is -0.836. The van der Waals surface area contributed by atoms with E-state index in [2.05, 4.69) is 30.6 Å². The van der Waals surface area contributed by atoms with Crippen LogP contribution in [-0.4, -0.2) is 51.1 Å². The lowest BCUT2D eigenvalue weighted by Crippen LogP contribution is -2.41. The lowest BCUT2D eigenvalue weighted by atomic mass is 10.3. The van der Waals surface area contributed by atoms with Gasteiger partial charge in [-0.15, -0.1) is 22.7 Å². The largest absolute Gasteiger partial charge is 0.309 e. The Hall–Kier alpha value is -3.03. The maximum atomic E-state index is 12.4. The summed E-state index contributed by atoms with van der Waals surface area (Å²) in [6.45, 7) is 3.04. The Kier molecular flexibility index (Phi) is 6.97. The third-order valence-electron chi connectivity index (χ3n) is 3.27. The van der Waals surface area contributed by atoms with Crippen LogP contribution in [0.15, 0.2) is 37.9 Å². The number of amides is 4. The van der Waals surface area contributed by atoms with E-state index in [1.807, 2.05) is 6.92 Å². The number of anilines is 1. The Bertz CT molecular complexity index is 1100. The number of hydrogen-bond acceptors (Lipinski definition) is 9. The Labute approximate surface area is 182 Å². The van der Waals surface area contributed by atoms with Gasteiger partial charge in [0.05, 0.1) is 16.3 Å². The summed E-state index contributed by atoms with van der Waals surface area (Å²) < 4.78 is 0. The molecule has 0 aromatic carbocycles. The molecular weight excluding hydrogens is 448 g/mol. The van der Waals surface area contributed by atoms with Crippen molar-refractivity contribution in [2.24, 2.45) is 15.0 Å². The van der Waals surface area contributed by atoms with Gasteiger partial charge in [-0.3, -0.25) is 19.2 Å². The van der Waals surface area contributed by atoms with Crippen LogP contribution in [0.2, 0.25) is 0 Å². The highest BCUT2D eigenvalue weighted by Crippen LogP contribution is 2.17. The highest BCUT2D eigenvalue weighted by molar-refractivity contribution is 8.14. The third kappa shape index (κ3) is 5.75. The number of aryl methyl sites for hydroxylation is 1. The van der Waals surface area contributed by atoms with E-state index >= 15 is 0 Å². The second-order valence-electron chi connectivity index (χ2n) is 5.71. The minimum Gasteiger partial charge on any atom is -0.309 e. The number of carbonyl (C=O) groups is 4. The predicted molar refractivity (Wildman–Crippen MR) is 118 cm³/mol. The van der Waals surface area contributed by atoms with Crippen molar-refractivity contribution < 1.29 is 19.2 Å². The number of thioether (sulfide) groups is 1. The molecule has 0 aliphatic carbocycles. The van der Waals surface area contributed by atoms with Crippen LogP contribution in [0, 0.1) is 6.92 Å². The normalized spacial score (nSPS) is 14.9. The van der Waals surface area contributed by atoms with Crippen molar-refractivity contribution in [2.75, 3.05) is 11.1 Å². The summed E-state index contributed by atoms with van der Waals surface area (Å²) in [6.07, 6.45) is 0. The van der Waals surface area contributed by atoms with Crippen LogP contribution in [-0.2, 0) is 14.4 Å². The van der Waals surface area contributed by atoms with Crippen LogP contribution in [0.3, 0.4) is 0 Å². The summed E-state index contributed by atoms with van der Waals surface area (Å²) >= 11 is 3.36. The van der Waals surface area contributed by atoms with Gasteiger partial charge in [-0.2, -0.15) is 9.98 Å². The summed E-state index contributed by atoms with van der Waals surface area (Å²) in [4.78, 5) is 64.3. The van der Waals surface area contributed by atoms with Crippen LogP contribution in [0.4, 0.5) is 5.13 Å². The van der Waals surface area contributed by atoms with Gasteiger partial charge in [0.25, 0.3) is 5.91 Å². The first kappa shape index (κ1) is 21.7. The van der Waals surface area contributed by atoms with Gasteiger partial charge in [-0.25, -0.2) is 9.98 Å². The molecule has 154 valence electrons. The van der Waals surface area contributed by atoms with Gasteiger partial charge in [0.1, 0.15) is 0 Å². The van der Waals surface area contributed by atoms with Gasteiger partial charge < -0.3 is 10.6 Å². The Morgan fingerprint density at radius 3 is 2.63 bits per heavy atom. The van der Waals surface area contributed by atoms with Crippen LogP contribution < -0.4 is 10.6 Å². The maximum absolute atomic E-state index is 12.4. The van der Waals surface area contributed by atoms with E-state index in [1.165, 1.54) is 29.6 Å². The molecule has 2 aromatic rings. The first-order valence-corrected chi connectivity index (χ1v) is 11.1. The van der Waals surface area contributed by atoms with Crippen molar-refractivity contribution in [2.45, 2.75) is 13.8 Å². The van der Waals surface area contributed by atoms with Gasteiger partial charge in [0, 0.05) is 12.3 Å². The number of aliphatic imine (C=N–C) groups is 3. The SMILES string of the molecule is CC(=O)NC1=NC(SCC(=O)Nc2nc(C)cs2)=NC(=O)C1=NC(=O)c1cccs1. The fourth-order valence-corrected chi connectivity index (χ4v) is 4.03. The predicted octanol–water partition coefficient (Wildman–Crippen LogP) is 1.90. The van der Waals surface area contributed by atoms with E-state index < -0.39 is 17.7 Å². The lowest BCUT2D eigenvalue weighted by Gasteiger charge is -2.13. The topological polar surface area (TPSA) is 142 Å². The van der Waals surface area contributed by atoms with Gasteiger partial charge in [-0.05, 0) is 18.4 Å². The Morgan fingerprint density at radius 1 is 1.20 bits per heavy atom. The molecule has 0 bridgehead atoms. The van der Waals surface area contributed by atoms with Crippen molar-refractivity contribution in [3.8, 4) is 0 Å². The minimum absolute atomic E-state index is 0.0308. The molecule has 0 radical (unpaired) electrons. The Balaban J connectivity index is 1.72. The van der Waals surface area contributed by atoms with Crippen LogP contribution in [0.5, 0.6) is 0 Å². The molecule has 10 nitrogen and oxygen atoms in total. The number of thiazole rings is 1. The van der Waals surface area contributed by atoms with Crippen molar-refractivity contribution in [3.05, 3.63) is 33.5 Å². The molecule has 3 heterocycles. The van der Waals surface area contributed by atoms with Crippen molar-refractivity contribution in [3.63, 3.8) is 0 Å². The smallest absolute Gasteiger partial charge is 0.302 e. The zero-order valence-electron chi connectivity index (χ0n) is 15.7. The second-order valence-corrected chi connectivity index (χ2v) is 8.46. The number of nitrogens with one attached hydrogen (secondary N) is 2. The quantitative estimate of drug-likeness (QED) is 0.710. The average Bonchev–Trinajstić information content (AvgIpc) is 3.34. The number of amidine groups is 2. The standard InChI is InChI=1S/C17H14N6O4S3/c1-8-6-29-16(18-8)20-11(25)7-30-17-22-13(19-9(2)24)12(15(27)23-17)21-14(26)10-4-3-5-28-10/h3-6H,7H2,1-2H3,(H,18,20,25)(H,19,22,23,24,27).